The SMILES string of the molecule is N#CC1[C@H]2CNC[C@@H]12.O=C1O[C@@H](COc2ccon2)CN1c1ccccc1. The van der Waals surface area contributed by atoms with Gasteiger partial charge in [-0.1, -0.05) is 18.2 Å². The highest BCUT2D eigenvalue weighted by Gasteiger charge is 2.53. The maximum absolute atomic E-state index is 11.8. The minimum atomic E-state index is -0.361. The molecule has 1 unspecified atom stereocenters. The molecule has 1 aromatic heterocycles. The molecule has 8 nitrogen and oxygen atoms in total. The molecular weight excluding hydrogens is 348 g/mol. The van der Waals surface area contributed by atoms with Crippen molar-refractivity contribution in [1.29, 1.82) is 5.26 Å². The number of nitrogens with one attached hydrogen (secondary N) is 1. The van der Waals surface area contributed by atoms with Gasteiger partial charge in [-0.25, -0.2) is 4.79 Å². The predicted molar refractivity (Wildman–Crippen MR) is 95.0 cm³/mol. The summed E-state index contributed by atoms with van der Waals surface area (Å²) < 4.78 is 15.2. The standard InChI is InChI=1S/C13H12N2O4.C6H8N2/c16-13-15(10-4-2-1-3-5-10)8-11(19-13)9-17-12-6-7-18-14-12;7-1-4-5-2-8-3-6(4)5/h1-7,11H,8-9H2;4-6,8H,2-3H2/t11-;4?,5-,6+/m1./s1. The van der Waals surface area contributed by atoms with Gasteiger partial charge < -0.3 is 19.3 Å². The van der Waals surface area contributed by atoms with E-state index in [0.717, 1.165) is 30.6 Å². The second-order valence-electron chi connectivity index (χ2n) is 6.74. The molecule has 0 bridgehead atoms. The summed E-state index contributed by atoms with van der Waals surface area (Å²) in [6.07, 6.45) is 0.746. The number of anilines is 1. The smallest absolute Gasteiger partial charge is 0.414 e. The number of piperidine rings is 1. The van der Waals surface area contributed by atoms with Gasteiger partial charge >= 0.3 is 6.09 Å². The van der Waals surface area contributed by atoms with Crippen molar-refractivity contribution in [1.82, 2.24) is 10.5 Å². The third-order valence-electron chi connectivity index (χ3n) is 5.01. The van der Waals surface area contributed by atoms with Gasteiger partial charge in [0.2, 0.25) is 0 Å². The molecule has 1 amide bonds. The minimum Gasteiger partial charge on any atom is -0.471 e. The monoisotopic (exact) mass is 368 g/mol. The Morgan fingerprint density at radius 3 is 2.67 bits per heavy atom. The molecule has 1 N–H and O–H groups in total. The summed E-state index contributed by atoms with van der Waals surface area (Å²) in [7, 11) is 0. The van der Waals surface area contributed by atoms with E-state index in [4.69, 9.17) is 14.7 Å². The number of nitrogens with zero attached hydrogens (tertiary/aromatic N) is 3. The Hall–Kier alpha value is -3.05. The molecule has 3 fully saturated rings. The van der Waals surface area contributed by atoms with Gasteiger partial charge in [0.05, 0.1) is 18.5 Å². The molecule has 140 valence electrons. The molecule has 4 atom stereocenters. The van der Waals surface area contributed by atoms with Gasteiger partial charge in [0, 0.05) is 11.8 Å². The second kappa shape index (κ2) is 7.68. The summed E-state index contributed by atoms with van der Waals surface area (Å²) in [5.74, 6) is 2.24. The quantitative estimate of drug-likeness (QED) is 0.881. The Kier molecular flexibility index (Phi) is 4.94. The summed E-state index contributed by atoms with van der Waals surface area (Å²) in [6, 6.07) is 13.3. The van der Waals surface area contributed by atoms with Gasteiger partial charge in [-0.3, -0.25) is 4.90 Å². The predicted octanol–water partition coefficient (Wildman–Crippen LogP) is 2.05. The highest BCUT2D eigenvalue weighted by molar-refractivity contribution is 5.89. The number of aromatic nitrogens is 1. The lowest BCUT2D eigenvalue weighted by Crippen LogP contribution is -2.26. The topological polar surface area (TPSA) is 101 Å². The van der Waals surface area contributed by atoms with Crippen LogP contribution in [0.25, 0.3) is 0 Å². The molecule has 0 radical (unpaired) electrons. The second-order valence-corrected chi connectivity index (χ2v) is 6.74. The summed E-state index contributed by atoms with van der Waals surface area (Å²) in [4.78, 5) is 13.3. The van der Waals surface area contributed by atoms with E-state index in [2.05, 4.69) is 21.1 Å². The van der Waals surface area contributed by atoms with Crippen LogP contribution in [0.4, 0.5) is 10.5 Å². The first-order valence-corrected chi connectivity index (χ1v) is 8.93. The van der Waals surface area contributed by atoms with Gasteiger partial charge in [-0.2, -0.15) is 5.26 Å². The average Bonchev–Trinajstić information content (AvgIpc) is 3.19. The van der Waals surface area contributed by atoms with Crippen LogP contribution in [-0.4, -0.2) is 43.6 Å². The van der Waals surface area contributed by atoms with E-state index in [1.165, 1.54) is 6.26 Å². The van der Waals surface area contributed by atoms with Gasteiger partial charge in [-0.05, 0) is 42.2 Å². The molecule has 2 aromatic rings. The van der Waals surface area contributed by atoms with E-state index < -0.39 is 0 Å². The van der Waals surface area contributed by atoms with Crippen LogP contribution in [0, 0.1) is 29.1 Å². The molecule has 3 heterocycles. The number of cyclic esters (lactones) is 1. The number of carbonyl (C=O) groups is 1. The lowest BCUT2D eigenvalue weighted by molar-refractivity contribution is 0.102. The van der Waals surface area contributed by atoms with Crippen LogP contribution in [-0.2, 0) is 4.74 Å². The number of rotatable bonds is 4. The molecule has 1 aliphatic carbocycles. The number of para-hydroxylation sites is 1. The van der Waals surface area contributed by atoms with E-state index in [0.29, 0.717) is 18.3 Å². The number of fused-ring (bicyclic) bond motifs is 1. The number of hydrogen-bond acceptors (Lipinski definition) is 7. The first-order chi connectivity index (χ1) is 13.3. The van der Waals surface area contributed by atoms with Crippen LogP contribution in [0.3, 0.4) is 0 Å². The number of amides is 1. The zero-order chi connectivity index (χ0) is 18.6. The molecule has 2 saturated heterocycles. The Morgan fingerprint density at radius 2 is 2.04 bits per heavy atom. The van der Waals surface area contributed by atoms with E-state index in [9.17, 15) is 4.79 Å². The molecule has 1 aromatic carbocycles. The van der Waals surface area contributed by atoms with Crippen molar-refractivity contribution in [3.05, 3.63) is 42.7 Å². The maximum Gasteiger partial charge on any atom is 0.414 e. The van der Waals surface area contributed by atoms with Crippen LogP contribution in [0.1, 0.15) is 0 Å². The fraction of sp³-hybridized carbons (Fsp3) is 0.421. The van der Waals surface area contributed by atoms with Crippen LogP contribution in [0.15, 0.2) is 47.2 Å². The number of benzene rings is 1. The lowest BCUT2D eigenvalue weighted by atomic mass is 10.3. The normalized spacial score (nSPS) is 27.8. The van der Waals surface area contributed by atoms with Gasteiger partial charge in [0.1, 0.15) is 12.9 Å². The molecule has 2 aliphatic heterocycles. The van der Waals surface area contributed by atoms with Gasteiger partial charge in [0.15, 0.2) is 6.10 Å². The minimum absolute atomic E-state index is 0.252. The summed E-state index contributed by atoms with van der Waals surface area (Å²) in [6.45, 7) is 2.88. The molecule has 5 rings (SSSR count). The average molecular weight is 368 g/mol. The van der Waals surface area contributed by atoms with Gasteiger partial charge in [0.25, 0.3) is 5.88 Å². The van der Waals surface area contributed by atoms with Crippen molar-refractivity contribution in [2.24, 2.45) is 17.8 Å². The van der Waals surface area contributed by atoms with Crippen molar-refractivity contribution in [2.45, 2.75) is 6.10 Å². The highest BCUT2D eigenvalue weighted by Crippen LogP contribution is 2.47. The van der Waals surface area contributed by atoms with Crippen LogP contribution >= 0.6 is 0 Å². The number of nitriles is 1. The van der Waals surface area contributed by atoms with Crippen molar-refractivity contribution in [3.63, 3.8) is 0 Å². The van der Waals surface area contributed by atoms with E-state index in [-0.39, 0.29) is 18.8 Å². The van der Waals surface area contributed by atoms with E-state index in [1.54, 1.807) is 11.0 Å². The Balaban J connectivity index is 0.000000186. The van der Waals surface area contributed by atoms with Crippen LogP contribution in [0.5, 0.6) is 5.88 Å². The molecular formula is C19H20N4O4. The van der Waals surface area contributed by atoms with Crippen molar-refractivity contribution < 1.29 is 18.8 Å². The number of hydrogen-bond donors (Lipinski definition) is 1. The third kappa shape index (κ3) is 3.88. The van der Waals surface area contributed by atoms with Crippen LogP contribution < -0.4 is 15.0 Å². The summed E-state index contributed by atoms with van der Waals surface area (Å²) >= 11 is 0. The molecule has 1 saturated carbocycles. The Labute approximate surface area is 156 Å². The van der Waals surface area contributed by atoms with Crippen molar-refractivity contribution >= 4 is 11.8 Å². The summed E-state index contributed by atoms with van der Waals surface area (Å²) in [5, 5.41) is 15.3. The number of carbonyl (C=O) groups excluding carboxylic acids is 1. The van der Waals surface area contributed by atoms with Gasteiger partial charge in [-0.15, -0.1) is 0 Å². The molecule has 3 aliphatic rings. The Bertz CT molecular complexity index is 795. The van der Waals surface area contributed by atoms with Crippen molar-refractivity contribution in [2.75, 3.05) is 31.1 Å². The lowest BCUT2D eigenvalue weighted by Gasteiger charge is -2.12. The van der Waals surface area contributed by atoms with Crippen molar-refractivity contribution in [3.8, 4) is 11.9 Å². The van der Waals surface area contributed by atoms with E-state index in [1.807, 2.05) is 30.3 Å². The molecule has 27 heavy (non-hydrogen) atoms. The fourth-order valence-electron chi connectivity index (χ4n) is 3.49. The fourth-order valence-corrected chi connectivity index (χ4v) is 3.49. The first-order valence-electron chi connectivity index (χ1n) is 8.93. The van der Waals surface area contributed by atoms with E-state index >= 15 is 0 Å². The number of ether oxygens (including phenoxy) is 2. The first kappa shape index (κ1) is 17.4. The third-order valence-corrected chi connectivity index (χ3v) is 5.01. The molecule has 8 heteroatoms. The summed E-state index contributed by atoms with van der Waals surface area (Å²) in [5.41, 5.74) is 0.816. The Morgan fingerprint density at radius 1 is 1.26 bits per heavy atom. The maximum atomic E-state index is 11.8. The zero-order valence-corrected chi connectivity index (χ0v) is 14.7. The molecule has 0 spiro atoms. The van der Waals surface area contributed by atoms with Crippen LogP contribution in [0.2, 0.25) is 0 Å². The highest BCUT2D eigenvalue weighted by atomic mass is 16.6. The zero-order valence-electron chi connectivity index (χ0n) is 14.7. The largest absolute Gasteiger partial charge is 0.471 e.